The predicted octanol–water partition coefficient (Wildman–Crippen LogP) is 0.831. The van der Waals surface area contributed by atoms with E-state index in [4.69, 9.17) is 4.74 Å². The van der Waals surface area contributed by atoms with E-state index in [0.29, 0.717) is 43.8 Å². The third kappa shape index (κ3) is 2.05. The summed E-state index contributed by atoms with van der Waals surface area (Å²) in [5.74, 6) is -0.0152. The lowest BCUT2D eigenvalue weighted by Gasteiger charge is -2.42. The number of ether oxygens (including phenoxy) is 1. The van der Waals surface area contributed by atoms with Crippen molar-refractivity contribution in [3.63, 3.8) is 0 Å². The molecule has 2 amide bonds. The minimum atomic E-state index is -0.632. The van der Waals surface area contributed by atoms with Gasteiger partial charge in [0.2, 0.25) is 5.91 Å². The quantitative estimate of drug-likeness (QED) is 0.799. The van der Waals surface area contributed by atoms with Crippen LogP contribution in [0.1, 0.15) is 29.6 Å². The molecule has 1 aromatic carbocycles. The SMILES string of the molecule is O=C(c1ccccc1-n1cncn1)N1CC[C@@]23OCCCN2C(=O)C[C@@H]13. The van der Waals surface area contributed by atoms with Gasteiger partial charge < -0.3 is 14.5 Å². The van der Waals surface area contributed by atoms with Crippen LogP contribution in [-0.4, -0.2) is 67.8 Å². The van der Waals surface area contributed by atoms with Crippen LogP contribution in [0.4, 0.5) is 0 Å². The lowest BCUT2D eigenvalue weighted by molar-refractivity contribution is -0.179. The maximum Gasteiger partial charge on any atom is 0.256 e. The van der Waals surface area contributed by atoms with Gasteiger partial charge in [-0.3, -0.25) is 9.59 Å². The number of aromatic nitrogens is 3. The second-order valence-corrected chi connectivity index (χ2v) is 6.92. The number of carbonyl (C=O) groups is 2. The van der Waals surface area contributed by atoms with Crippen LogP contribution in [-0.2, 0) is 9.53 Å². The van der Waals surface area contributed by atoms with E-state index >= 15 is 0 Å². The summed E-state index contributed by atoms with van der Waals surface area (Å²) in [7, 11) is 0. The van der Waals surface area contributed by atoms with Crippen LogP contribution in [0.2, 0.25) is 0 Å². The molecule has 26 heavy (non-hydrogen) atoms. The summed E-state index contributed by atoms with van der Waals surface area (Å²) < 4.78 is 7.67. The van der Waals surface area contributed by atoms with Crippen LogP contribution in [0.3, 0.4) is 0 Å². The molecule has 0 radical (unpaired) electrons. The molecule has 0 bridgehead atoms. The lowest BCUT2D eigenvalue weighted by Crippen LogP contribution is -2.56. The normalized spacial score (nSPS) is 27.5. The third-order valence-corrected chi connectivity index (χ3v) is 5.67. The van der Waals surface area contributed by atoms with Gasteiger partial charge in [0, 0.05) is 19.5 Å². The Labute approximate surface area is 150 Å². The highest BCUT2D eigenvalue weighted by Gasteiger charge is 2.61. The number of likely N-dealkylation sites (tertiary alicyclic amines) is 1. The van der Waals surface area contributed by atoms with Gasteiger partial charge in [0.1, 0.15) is 12.7 Å². The summed E-state index contributed by atoms with van der Waals surface area (Å²) in [6.45, 7) is 1.93. The molecule has 8 heteroatoms. The summed E-state index contributed by atoms with van der Waals surface area (Å²) in [6.07, 6.45) is 4.86. The van der Waals surface area contributed by atoms with Crippen LogP contribution >= 0.6 is 0 Å². The number of hydrogen-bond acceptors (Lipinski definition) is 5. The molecule has 3 aliphatic rings. The zero-order valence-corrected chi connectivity index (χ0v) is 14.2. The minimum absolute atomic E-state index is 0.0803. The maximum atomic E-state index is 13.4. The Morgan fingerprint density at radius 2 is 2.15 bits per heavy atom. The van der Waals surface area contributed by atoms with Crippen molar-refractivity contribution in [2.45, 2.75) is 31.0 Å². The molecule has 4 heterocycles. The molecule has 3 aliphatic heterocycles. The average molecular weight is 353 g/mol. The molecule has 0 aliphatic carbocycles. The summed E-state index contributed by atoms with van der Waals surface area (Å²) in [5.41, 5.74) is 0.603. The summed E-state index contributed by atoms with van der Waals surface area (Å²) >= 11 is 0. The Balaban J connectivity index is 1.51. The van der Waals surface area contributed by atoms with E-state index in [-0.39, 0.29) is 17.9 Å². The van der Waals surface area contributed by atoms with Gasteiger partial charge in [0.05, 0.1) is 30.3 Å². The van der Waals surface area contributed by atoms with Crippen molar-refractivity contribution in [2.75, 3.05) is 19.7 Å². The van der Waals surface area contributed by atoms with E-state index in [9.17, 15) is 9.59 Å². The molecule has 5 rings (SSSR count). The van der Waals surface area contributed by atoms with E-state index in [0.717, 1.165) is 6.42 Å². The monoisotopic (exact) mass is 353 g/mol. The van der Waals surface area contributed by atoms with Crippen molar-refractivity contribution >= 4 is 11.8 Å². The van der Waals surface area contributed by atoms with E-state index < -0.39 is 5.72 Å². The first-order chi connectivity index (χ1) is 12.7. The Morgan fingerprint density at radius 1 is 1.27 bits per heavy atom. The minimum Gasteiger partial charge on any atom is -0.353 e. The number of carbonyl (C=O) groups excluding carboxylic acids is 2. The molecular weight excluding hydrogens is 334 g/mol. The first-order valence-electron chi connectivity index (χ1n) is 8.90. The van der Waals surface area contributed by atoms with Crippen molar-refractivity contribution in [3.05, 3.63) is 42.5 Å². The zero-order valence-electron chi connectivity index (χ0n) is 14.2. The van der Waals surface area contributed by atoms with Gasteiger partial charge in [-0.15, -0.1) is 0 Å². The molecule has 2 atom stereocenters. The molecule has 0 unspecified atom stereocenters. The van der Waals surface area contributed by atoms with Gasteiger partial charge in [0.15, 0.2) is 5.72 Å². The highest BCUT2D eigenvalue weighted by molar-refractivity contribution is 5.99. The maximum absolute atomic E-state index is 13.4. The zero-order chi connectivity index (χ0) is 17.7. The molecule has 0 N–H and O–H groups in total. The number of rotatable bonds is 2. The largest absolute Gasteiger partial charge is 0.353 e. The number of para-hydroxylation sites is 1. The average Bonchev–Trinajstić information content (AvgIpc) is 3.37. The van der Waals surface area contributed by atoms with Gasteiger partial charge in [-0.2, -0.15) is 5.10 Å². The first-order valence-corrected chi connectivity index (χ1v) is 8.90. The predicted molar refractivity (Wildman–Crippen MR) is 90.4 cm³/mol. The molecular formula is C18H19N5O3. The smallest absolute Gasteiger partial charge is 0.256 e. The number of hydrogen-bond donors (Lipinski definition) is 0. The molecule has 1 aromatic heterocycles. The topological polar surface area (TPSA) is 80.6 Å². The molecule has 2 aromatic rings. The van der Waals surface area contributed by atoms with Crippen molar-refractivity contribution in [2.24, 2.45) is 0 Å². The third-order valence-electron chi connectivity index (χ3n) is 5.67. The van der Waals surface area contributed by atoms with Crippen LogP contribution in [0.25, 0.3) is 5.69 Å². The Hall–Kier alpha value is -2.74. The highest BCUT2D eigenvalue weighted by Crippen LogP contribution is 2.45. The fourth-order valence-electron chi connectivity index (χ4n) is 4.53. The first kappa shape index (κ1) is 15.5. The summed E-state index contributed by atoms with van der Waals surface area (Å²) in [4.78, 5) is 33.4. The van der Waals surface area contributed by atoms with Crippen molar-refractivity contribution in [3.8, 4) is 5.69 Å². The molecule has 134 valence electrons. The van der Waals surface area contributed by atoms with Crippen LogP contribution in [0, 0.1) is 0 Å². The van der Waals surface area contributed by atoms with Gasteiger partial charge in [-0.1, -0.05) is 12.1 Å². The summed E-state index contributed by atoms with van der Waals surface area (Å²) in [6, 6.07) is 7.11. The van der Waals surface area contributed by atoms with E-state index in [1.807, 2.05) is 23.1 Å². The van der Waals surface area contributed by atoms with E-state index in [2.05, 4.69) is 10.1 Å². The Bertz CT molecular complexity index is 867. The summed E-state index contributed by atoms with van der Waals surface area (Å²) in [5, 5.41) is 4.15. The second kappa shape index (κ2) is 5.63. The number of benzene rings is 1. The van der Waals surface area contributed by atoms with Crippen LogP contribution < -0.4 is 0 Å². The van der Waals surface area contributed by atoms with Gasteiger partial charge >= 0.3 is 0 Å². The number of nitrogens with zero attached hydrogens (tertiary/aromatic N) is 5. The lowest BCUT2D eigenvalue weighted by atomic mass is 10.0. The highest BCUT2D eigenvalue weighted by atomic mass is 16.5. The molecule has 3 saturated heterocycles. The van der Waals surface area contributed by atoms with Gasteiger partial charge in [-0.25, -0.2) is 9.67 Å². The van der Waals surface area contributed by atoms with E-state index in [1.54, 1.807) is 22.0 Å². The fraction of sp³-hybridized carbons (Fsp3) is 0.444. The van der Waals surface area contributed by atoms with Crippen molar-refractivity contribution in [1.82, 2.24) is 24.6 Å². The fourth-order valence-corrected chi connectivity index (χ4v) is 4.53. The molecule has 3 fully saturated rings. The van der Waals surface area contributed by atoms with Gasteiger partial charge in [-0.05, 0) is 18.6 Å². The van der Waals surface area contributed by atoms with Crippen LogP contribution in [0.15, 0.2) is 36.9 Å². The standard InChI is InChI=1S/C18H19N5O3/c24-16-10-15-18(22(16)7-3-9-26-18)6-8-21(15)17(25)13-4-1-2-5-14(13)23-12-19-11-20-23/h1-2,4-5,11-12,15H,3,6-10H2/t15-,18+/m1/s1. The van der Waals surface area contributed by atoms with Crippen molar-refractivity contribution in [1.29, 1.82) is 0 Å². The molecule has 8 nitrogen and oxygen atoms in total. The molecule has 0 saturated carbocycles. The second-order valence-electron chi connectivity index (χ2n) is 6.92. The van der Waals surface area contributed by atoms with Crippen molar-refractivity contribution < 1.29 is 14.3 Å². The Kier molecular flexibility index (Phi) is 3.36. The van der Waals surface area contributed by atoms with E-state index in [1.165, 1.54) is 6.33 Å². The van der Waals surface area contributed by atoms with Crippen LogP contribution in [0.5, 0.6) is 0 Å². The Morgan fingerprint density at radius 3 is 3.00 bits per heavy atom. The molecule has 1 spiro atoms. The van der Waals surface area contributed by atoms with Gasteiger partial charge in [0.25, 0.3) is 5.91 Å². The number of amides is 2.